The second-order valence-electron chi connectivity index (χ2n) is 6.90. The Morgan fingerprint density at radius 3 is 2.50 bits per heavy atom. The fourth-order valence-electron chi connectivity index (χ4n) is 3.25. The molecule has 0 atom stereocenters. The number of aromatic nitrogens is 2. The highest BCUT2D eigenvalue weighted by atomic mass is 32.1. The van der Waals surface area contributed by atoms with E-state index in [0.717, 1.165) is 33.2 Å². The van der Waals surface area contributed by atoms with Gasteiger partial charge < -0.3 is 9.64 Å². The molecule has 0 fully saturated rings. The van der Waals surface area contributed by atoms with Gasteiger partial charge in [0.2, 0.25) is 0 Å². The van der Waals surface area contributed by atoms with E-state index < -0.39 is 0 Å². The summed E-state index contributed by atoms with van der Waals surface area (Å²) in [5, 5.41) is 0. The number of hydrogen-bond acceptors (Lipinski definition) is 4. The summed E-state index contributed by atoms with van der Waals surface area (Å²) >= 11 is 1.66. The first kappa shape index (κ1) is 18.5. The van der Waals surface area contributed by atoms with Gasteiger partial charge in [0.1, 0.15) is 5.75 Å². The molecule has 2 heterocycles. The van der Waals surface area contributed by atoms with Crippen LogP contribution in [0.15, 0.2) is 18.3 Å². The van der Waals surface area contributed by atoms with E-state index in [2.05, 4.69) is 41.6 Å². The van der Waals surface area contributed by atoms with Crippen LogP contribution in [0, 0.1) is 34.6 Å². The average molecular weight is 372 g/mol. The first-order valence-corrected chi connectivity index (χ1v) is 9.46. The molecule has 0 unspecified atom stereocenters. The maximum Gasteiger partial charge on any atom is 0.260 e. The number of aryl methyl sites for hydroxylation is 5. The van der Waals surface area contributed by atoms with Gasteiger partial charge in [-0.25, -0.2) is 4.98 Å². The normalized spacial score (nSPS) is 11.2. The average Bonchev–Trinajstić information content (AvgIpc) is 3.02. The number of carbonyl (C=O) groups excluding carboxylic acids is 1. The fourth-order valence-corrected chi connectivity index (χ4v) is 4.14. The van der Waals surface area contributed by atoms with Crippen molar-refractivity contribution in [3.05, 3.63) is 51.3 Å². The number of carbonyl (C=O) groups is 1. The van der Waals surface area contributed by atoms with Gasteiger partial charge in [0.25, 0.3) is 5.91 Å². The van der Waals surface area contributed by atoms with E-state index in [-0.39, 0.29) is 12.5 Å². The van der Waals surface area contributed by atoms with Crippen molar-refractivity contribution < 1.29 is 9.53 Å². The third-order valence-corrected chi connectivity index (χ3v) is 5.40. The lowest BCUT2D eigenvalue weighted by atomic mass is 10.1. The standard InChI is InChI=1S/C20H25N3O2S/c1-12-7-13(2)19(14(3)8-12)25-11-18(24)22(6)10-17-16(5)21-20-23(17)9-15(4)26-20/h7-9H,10-11H2,1-6H3. The monoisotopic (exact) mass is 371 g/mol. The van der Waals surface area contributed by atoms with Crippen LogP contribution in [0.3, 0.4) is 0 Å². The minimum absolute atomic E-state index is 0.0326. The smallest absolute Gasteiger partial charge is 0.260 e. The van der Waals surface area contributed by atoms with Gasteiger partial charge in [0.15, 0.2) is 11.6 Å². The minimum atomic E-state index is -0.0503. The summed E-state index contributed by atoms with van der Waals surface area (Å²) in [6.45, 7) is 10.7. The number of thiazole rings is 1. The molecule has 0 saturated heterocycles. The first-order chi connectivity index (χ1) is 12.3. The second kappa shape index (κ2) is 7.11. The third kappa shape index (κ3) is 3.60. The molecule has 1 amide bonds. The highest BCUT2D eigenvalue weighted by molar-refractivity contribution is 7.17. The number of amides is 1. The van der Waals surface area contributed by atoms with E-state index in [0.29, 0.717) is 6.54 Å². The summed E-state index contributed by atoms with van der Waals surface area (Å²) in [5.41, 5.74) is 5.31. The van der Waals surface area contributed by atoms with Gasteiger partial charge in [-0.3, -0.25) is 9.20 Å². The van der Waals surface area contributed by atoms with E-state index in [9.17, 15) is 4.79 Å². The molecular formula is C20H25N3O2S. The Morgan fingerprint density at radius 2 is 1.85 bits per heavy atom. The number of fused-ring (bicyclic) bond motifs is 1. The molecule has 26 heavy (non-hydrogen) atoms. The maximum absolute atomic E-state index is 12.6. The molecule has 0 saturated carbocycles. The van der Waals surface area contributed by atoms with Crippen molar-refractivity contribution in [1.29, 1.82) is 0 Å². The summed E-state index contributed by atoms with van der Waals surface area (Å²) in [7, 11) is 1.80. The number of ether oxygens (including phenoxy) is 1. The molecule has 0 aliphatic heterocycles. The van der Waals surface area contributed by atoms with Crippen LogP contribution in [0.2, 0.25) is 0 Å². The molecule has 0 bridgehead atoms. The quantitative estimate of drug-likeness (QED) is 0.682. The molecule has 1 aromatic carbocycles. The van der Waals surface area contributed by atoms with Gasteiger partial charge >= 0.3 is 0 Å². The highest BCUT2D eigenvalue weighted by Crippen LogP contribution is 2.25. The van der Waals surface area contributed by atoms with Crippen molar-refractivity contribution >= 4 is 22.2 Å². The van der Waals surface area contributed by atoms with Gasteiger partial charge in [-0.2, -0.15) is 0 Å². The summed E-state index contributed by atoms with van der Waals surface area (Å²) < 4.78 is 7.91. The second-order valence-corrected chi connectivity index (χ2v) is 8.12. The van der Waals surface area contributed by atoms with Gasteiger partial charge in [-0.05, 0) is 45.7 Å². The lowest BCUT2D eigenvalue weighted by Gasteiger charge is -2.19. The molecule has 0 radical (unpaired) electrons. The molecule has 138 valence electrons. The molecule has 0 aliphatic carbocycles. The van der Waals surface area contributed by atoms with Crippen molar-refractivity contribution in [3.8, 4) is 5.75 Å². The predicted molar refractivity (Wildman–Crippen MR) is 105 cm³/mol. The summed E-state index contributed by atoms with van der Waals surface area (Å²) in [6, 6.07) is 4.14. The Morgan fingerprint density at radius 1 is 1.19 bits per heavy atom. The van der Waals surface area contributed by atoms with Crippen LogP contribution in [-0.4, -0.2) is 33.8 Å². The number of imidazole rings is 1. The van der Waals surface area contributed by atoms with Crippen LogP contribution in [-0.2, 0) is 11.3 Å². The zero-order chi connectivity index (χ0) is 19.0. The summed E-state index contributed by atoms with van der Waals surface area (Å²) in [4.78, 5) is 21.0. The van der Waals surface area contributed by atoms with Crippen LogP contribution >= 0.6 is 11.3 Å². The van der Waals surface area contributed by atoms with Crippen molar-refractivity contribution in [1.82, 2.24) is 14.3 Å². The Kier molecular flexibility index (Phi) is 5.05. The predicted octanol–water partition coefficient (Wildman–Crippen LogP) is 3.98. The molecule has 0 aliphatic rings. The summed E-state index contributed by atoms with van der Waals surface area (Å²) in [6.07, 6.45) is 2.07. The van der Waals surface area contributed by atoms with Crippen molar-refractivity contribution in [2.45, 2.75) is 41.2 Å². The van der Waals surface area contributed by atoms with Crippen LogP contribution in [0.25, 0.3) is 4.96 Å². The molecule has 0 spiro atoms. The number of likely N-dealkylation sites (N-methyl/N-ethyl adjacent to an activating group) is 1. The number of hydrogen-bond donors (Lipinski definition) is 0. The lowest BCUT2D eigenvalue weighted by molar-refractivity contribution is -0.132. The van der Waals surface area contributed by atoms with Crippen LogP contribution < -0.4 is 4.74 Å². The summed E-state index contributed by atoms with van der Waals surface area (Å²) in [5.74, 6) is 0.749. The van der Waals surface area contributed by atoms with Crippen molar-refractivity contribution in [3.63, 3.8) is 0 Å². The number of nitrogens with zero attached hydrogens (tertiary/aromatic N) is 3. The molecule has 3 aromatic rings. The number of benzene rings is 1. The van der Waals surface area contributed by atoms with E-state index in [1.165, 1.54) is 10.4 Å². The van der Waals surface area contributed by atoms with E-state index in [1.54, 1.807) is 23.3 Å². The van der Waals surface area contributed by atoms with Gasteiger partial charge in [0.05, 0.1) is 17.9 Å². The largest absolute Gasteiger partial charge is 0.483 e. The maximum atomic E-state index is 12.6. The van der Waals surface area contributed by atoms with E-state index in [1.807, 2.05) is 20.8 Å². The fraction of sp³-hybridized carbons (Fsp3) is 0.400. The molecule has 3 rings (SSSR count). The Balaban J connectivity index is 1.69. The third-order valence-electron chi connectivity index (χ3n) is 4.50. The molecule has 2 aromatic heterocycles. The van der Waals surface area contributed by atoms with Crippen LogP contribution in [0.1, 0.15) is 33.0 Å². The first-order valence-electron chi connectivity index (χ1n) is 8.65. The zero-order valence-corrected chi connectivity index (χ0v) is 17.0. The van der Waals surface area contributed by atoms with Gasteiger partial charge in [-0.1, -0.05) is 17.7 Å². The molecule has 6 heteroatoms. The Labute approximate surface area is 158 Å². The number of rotatable bonds is 5. The van der Waals surface area contributed by atoms with Crippen molar-refractivity contribution in [2.75, 3.05) is 13.7 Å². The van der Waals surface area contributed by atoms with Gasteiger partial charge in [-0.15, -0.1) is 11.3 Å². The van der Waals surface area contributed by atoms with E-state index >= 15 is 0 Å². The molecule has 5 nitrogen and oxygen atoms in total. The topological polar surface area (TPSA) is 46.8 Å². The van der Waals surface area contributed by atoms with Gasteiger partial charge in [0, 0.05) is 18.1 Å². The highest BCUT2D eigenvalue weighted by Gasteiger charge is 2.17. The van der Waals surface area contributed by atoms with Crippen LogP contribution in [0.4, 0.5) is 0 Å². The van der Waals surface area contributed by atoms with Crippen molar-refractivity contribution in [2.24, 2.45) is 0 Å². The Hall–Kier alpha value is -2.34. The lowest BCUT2D eigenvalue weighted by Crippen LogP contribution is -2.31. The van der Waals surface area contributed by atoms with Crippen LogP contribution in [0.5, 0.6) is 5.75 Å². The minimum Gasteiger partial charge on any atom is -0.483 e. The Bertz CT molecular complexity index is 948. The SMILES string of the molecule is Cc1cc(C)c(OCC(=O)N(C)Cc2c(C)nc3sc(C)cn23)c(C)c1. The molecule has 0 N–H and O–H groups in total. The zero-order valence-electron chi connectivity index (χ0n) is 16.2. The molecular weight excluding hydrogens is 346 g/mol. The van der Waals surface area contributed by atoms with E-state index in [4.69, 9.17) is 4.74 Å².